The molecular formula is C17H18N2S. The summed E-state index contributed by atoms with van der Waals surface area (Å²) < 4.78 is 0. The Morgan fingerprint density at radius 3 is 2.80 bits per heavy atom. The maximum Gasteiger partial charge on any atom is 0.0991 e. The molecule has 1 aliphatic carbocycles. The van der Waals surface area contributed by atoms with Crippen LogP contribution in [0.2, 0.25) is 0 Å². The van der Waals surface area contributed by atoms with Gasteiger partial charge >= 0.3 is 0 Å². The Morgan fingerprint density at radius 1 is 1.25 bits per heavy atom. The first kappa shape index (κ1) is 13.3. The molecule has 1 aromatic carbocycles. The van der Waals surface area contributed by atoms with Crippen molar-refractivity contribution in [3.8, 4) is 17.3 Å². The van der Waals surface area contributed by atoms with Gasteiger partial charge in [-0.05, 0) is 30.9 Å². The van der Waals surface area contributed by atoms with Crippen LogP contribution in [0.25, 0.3) is 11.3 Å². The fourth-order valence-corrected chi connectivity index (χ4v) is 3.86. The molecule has 1 aliphatic rings. The van der Waals surface area contributed by atoms with E-state index < -0.39 is 0 Å². The van der Waals surface area contributed by atoms with E-state index in [1.165, 1.54) is 30.7 Å². The summed E-state index contributed by atoms with van der Waals surface area (Å²) >= 11 is 1.77. The molecular weight excluding hydrogens is 264 g/mol. The summed E-state index contributed by atoms with van der Waals surface area (Å²) in [6, 6.07) is 9.89. The summed E-state index contributed by atoms with van der Waals surface area (Å²) in [7, 11) is 0. The van der Waals surface area contributed by atoms with Gasteiger partial charge in [-0.25, -0.2) is 4.98 Å². The van der Waals surface area contributed by atoms with Crippen molar-refractivity contribution in [2.75, 3.05) is 0 Å². The van der Waals surface area contributed by atoms with Gasteiger partial charge < -0.3 is 0 Å². The number of benzene rings is 1. The fraction of sp³-hybridized carbons (Fsp3) is 0.412. The van der Waals surface area contributed by atoms with E-state index in [9.17, 15) is 0 Å². The normalized spacial score (nSPS) is 22.4. The number of aromatic nitrogens is 1. The van der Waals surface area contributed by atoms with Crippen molar-refractivity contribution in [3.05, 3.63) is 40.2 Å². The second-order valence-electron chi connectivity index (χ2n) is 5.72. The van der Waals surface area contributed by atoms with Gasteiger partial charge in [-0.3, -0.25) is 0 Å². The highest BCUT2D eigenvalue weighted by Crippen LogP contribution is 2.38. The molecule has 1 aromatic heterocycles. The van der Waals surface area contributed by atoms with Gasteiger partial charge in [0.25, 0.3) is 0 Å². The van der Waals surface area contributed by atoms with E-state index in [1.807, 2.05) is 24.3 Å². The summed E-state index contributed by atoms with van der Waals surface area (Å²) in [4.78, 5) is 4.81. The number of rotatable bonds is 2. The Labute approximate surface area is 124 Å². The Balaban J connectivity index is 1.81. The summed E-state index contributed by atoms with van der Waals surface area (Å²) in [5.41, 5.74) is 2.76. The van der Waals surface area contributed by atoms with Crippen LogP contribution in [-0.2, 0) is 0 Å². The van der Waals surface area contributed by atoms with Crippen LogP contribution >= 0.6 is 11.3 Å². The van der Waals surface area contributed by atoms with Gasteiger partial charge in [-0.15, -0.1) is 11.3 Å². The van der Waals surface area contributed by atoms with Gasteiger partial charge in [0.2, 0.25) is 0 Å². The molecule has 0 bridgehead atoms. The molecule has 0 N–H and O–H groups in total. The molecule has 102 valence electrons. The zero-order valence-electron chi connectivity index (χ0n) is 11.7. The van der Waals surface area contributed by atoms with E-state index in [2.05, 4.69) is 18.4 Å². The van der Waals surface area contributed by atoms with Crippen LogP contribution in [0.4, 0.5) is 0 Å². The minimum Gasteiger partial charge on any atom is -0.241 e. The lowest BCUT2D eigenvalue weighted by atomic mass is 9.83. The first-order valence-corrected chi connectivity index (χ1v) is 8.10. The van der Waals surface area contributed by atoms with E-state index in [-0.39, 0.29) is 0 Å². The van der Waals surface area contributed by atoms with Gasteiger partial charge in [0.05, 0.1) is 22.3 Å². The zero-order valence-corrected chi connectivity index (χ0v) is 12.5. The van der Waals surface area contributed by atoms with Crippen molar-refractivity contribution in [1.82, 2.24) is 4.98 Å². The molecule has 2 aromatic rings. The lowest BCUT2D eigenvalue weighted by Crippen LogP contribution is -2.10. The van der Waals surface area contributed by atoms with E-state index in [1.54, 1.807) is 11.3 Å². The SMILES string of the molecule is CC1CCC(c2nc(-c3cccc(C#N)c3)cs2)CC1. The maximum atomic E-state index is 8.98. The summed E-state index contributed by atoms with van der Waals surface area (Å²) in [5, 5.41) is 12.4. The number of nitrogens with zero attached hydrogens (tertiary/aromatic N) is 2. The Morgan fingerprint density at radius 2 is 2.05 bits per heavy atom. The number of thiazole rings is 1. The second kappa shape index (κ2) is 5.76. The molecule has 3 rings (SSSR count). The van der Waals surface area contributed by atoms with Gasteiger partial charge in [-0.1, -0.05) is 31.9 Å². The third kappa shape index (κ3) is 2.76. The summed E-state index contributed by atoms with van der Waals surface area (Å²) in [6.07, 6.45) is 5.19. The molecule has 0 saturated heterocycles. The predicted molar refractivity (Wildman–Crippen MR) is 82.6 cm³/mol. The highest BCUT2D eigenvalue weighted by Gasteiger charge is 2.22. The first-order valence-electron chi connectivity index (χ1n) is 7.22. The van der Waals surface area contributed by atoms with Gasteiger partial charge in [0.1, 0.15) is 0 Å². The smallest absolute Gasteiger partial charge is 0.0991 e. The lowest BCUT2D eigenvalue weighted by molar-refractivity contribution is 0.347. The Bertz CT molecular complexity index is 630. The maximum absolute atomic E-state index is 8.98. The summed E-state index contributed by atoms with van der Waals surface area (Å²) in [5.74, 6) is 1.52. The van der Waals surface area contributed by atoms with Crippen LogP contribution in [0.5, 0.6) is 0 Å². The molecule has 0 aliphatic heterocycles. The van der Waals surface area contributed by atoms with Crippen LogP contribution in [0.15, 0.2) is 29.6 Å². The quantitative estimate of drug-likeness (QED) is 0.779. The summed E-state index contributed by atoms with van der Waals surface area (Å²) in [6.45, 7) is 2.34. The standard InChI is InChI=1S/C17H18N2S/c1-12-5-7-14(8-6-12)17-19-16(11-20-17)15-4-2-3-13(9-15)10-18/h2-4,9,11-12,14H,5-8H2,1H3. The number of nitriles is 1. The third-order valence-corrected chi connectivity index (χ3v) is 5.18. The minimum absolute atomic E-state index is 0.643. The van der Waals surface area contributed by atoms with Crippen LogP contribution < -0.4 is 0 Å². The molecule has 0 atom stereocenters. The van der Waals surface area contributed by atoms with E-state index in [4.69, 9.17) is 10.2 Å². The van der Waals surface area contributed by atoms with Gasteiger partial charge in [0.15, 0.2) is 0 Å². The minimum atomic E-state index is 0.643. The molecule has 0 amide bonds. The van der Waals surface area contributed by atoms with Crippen LogP contribution in [0, 0.1) is 17.2 Å². The highest BCUT2D eigenvalue weighted by atomic mass is 32.1. The van der Waals surface area contributed by atoms with E-state index in [0.29, 0.717) is 11.5 Å². The van der Waals surface area contributed by atoms with Crippen molar-refractivity contribution in [3.63, 3.8) is 0 Å². The molecule has 1 heterocycles. The topological polar surface area (TPSA) is 36.7 Å². The Hall–Kier alpha value is -1.66. The van der Waals surface area contributed by atoms with Crippen molar-refractivity contribution in [2.24, 2.45) is 5.92 Å². The molecule has 0 spiro atoms. The molecule has 3 heteroatoms. The van der Waals surface area contributed by atoms with E-state index in [0.717, 1.165) is 17.2 Å². The molecule has 0 unspecified atom stereocenters. The van der Waals surface area contributed by atoms with Gasteiger partial charge in [0, 0.05) is 16.9 Å². The van der Waals surface area contributed by atoms with Crippen LogP contribution in [0.1, 0.15) is 49.1 Å². The second-order valence-corrected chi connectivity index (χ2v) is 6.61. The molecule has 1 saturated carbocycles. The van der Waals surface area contributed by atoms with Crippen LogP contribution in [-0.4, -0.2) is 4.98 Å². The largest absolute Gasteiger partial charge is 0.241 e. The molecule has 20 heavy (non-hydrogen) atoms. The number of hydrogen-bond acceptors (Lipinski definition) is 3. The Kier molecular flexibility index (Phi) is 3.84. The predicted octanol–water partition coefficient (Wildman–Crippen LogP) is 4.98. The van der Waals surface area contributed by atoms with Crippen molar-refractivity contribution in [2.45, 2.75) is 38.5 Å². The van der Waals surface area contributed by atoms with Crippen LogP contribution in [0.3, 0.4) is 0 Å². The average Bonchev–Trinajstić information content (AvgIpc) is 2.98. The fourth-order valence-electron chi connectivity index (χ4n) is 2.86. The third-order valence-electron chi connectivity index (χ3n) is 4.17. The van der Waals surface area contributed by atoms with Crippen molar-refractivity contribution in [1.29, 1.82) is 5.26 Å². The first-order chi connectivity index (χ1) is 9.76. The van der Waals surface area contributed by atoms with E-state index >= 15 is 0 Å². The highest BCUT2D eigenvalue weighted by molar-refractivity contribution is 7.10. The number of hydrogen-bond donors (Lipinski definition) is 0. The molecule has 1 fully saturated rings. The monoisotopic (exact) mass is 282 g/mol. The molecule has 0 radical (unpaired) electrons. The van der Waals surface area contributed by atoms with Crippen molar-refractivity contribution < 1.29 is 0 Å². The average molecular weight is 282 g/mol. The zero-order chi connectivity index (χ0) is 13.9. The van der Waals surface area contributed by atoms with Crippen molar-refractivity contribution >= 4 is 11.3 Å². The lowest BCUT2D eigenvalue weighted by Gasteiger charge is -2.24. The molecule has 2 nitrogen and oxygen atoms in total. The van der Waals surface area contributed by atoms with Gasteiger partial charge in [-0.2, -0.15) is 5.26 Å².